The first-order valence-corrected chi connectivity index (χ1v) is 7.68. The van der Waals surface area contributed by atoms with E-state index in [4.69, 9.17) is 11.6 Å². The third-order valence-electron chi connectivity index (χ3n) is 3.88. The van der Waals surface area contributed by atoms with Crippen LogP contribution in [-0.2, 0) is 6.42 Å². The van der Waals surface area contributed by atoms with Crippen LogP contribution >= 0.6 is 11.6 Å². The molecule has 0 heterocycles. The number of alkyl halides is 1. The largest absolute Gasteiger partial charge is 0.316 e. The maximum absolute atomic E-state index is 6.26. The standard InChI is InChI=1S/C16H24ClN/c17-16-11-6-10-15(16)13-18-12-5-4-9-14-7-2-1-3-8-14/h1-3,7-8,15-16,18H,4-6,9-13H2. The Labute approximate surface area is 116 Å². The lowest BCUT2D eigenvalue weighted by Crippen LogP contribution is -2.26. The molecule has 0 spiro atoms. The van der Waals surface area contributed by atoms with Crippen molar-refractivity contribution >= 4 is 11.6 Å². The van der Waals surface area contributed by atoms with Crippen LogP contribution in [0, 0.1) is 5.92 Å². The zero-order valence-electron chi connectivity index (χ0n) is 11.1. The monoisotopic (exact) mass is 265 g/mol. The van der Waals surface area contributed by atoms with E-state index in [9.17, 15) is 0 Å². The SMILES string of the molecule is ClC1CCCC1CNCCCCc1ccccc1. The highest BCUT2D eigenvalue weighted by atomic mass is 35.5. The smallest absolute Gasteiger partial charge is 0.0376 e. The second kappa shape index (κ2) is 7.81. The molecule has 2 atom stereocenters. The minimum absolute atomic E-state index is 0.418. The van der Waals surface area contributed by atoms with Crippen LogP contribution in [0.3, 0.4) is 0 Å². The molecule has 2 rings (SSSR count). The van der Waals surface area contributed by atoms with Gasteiger partial charge in [-0.25, -0.2) is 0 Å². The highest BCUT2D eigenvalue weighted by Crippen LogP contribution is 2.29. The number of hydrogen-bond donors (Lipinski definition) is 1. The topological polar surface area (TPSA) is 12.0 Å². The number of hydrogen-bond acceptors (Lipinski definition) is 1. The minimum Gasteiger partial charge on any atom is -0.316 e. The molecular weight excluding hydrogens is 242 g/mol. The Bertz CT molecular complexity index is 325. The van der Waals surface area contributed by atoms with Crippen molar-refractivity contribution in [2.24, 2.45) is 5.92 Å². The molecule has 1 nitrogen and oxygen atoms in total. The second-order valence-corrected chi connectivity index (χ2v) is 5.91. The highest BCUT2D eigenvalue weighted by Gasteiger charge is 2.24. The van der Waals surface area contributed by atoms with E-state index in [1.807, 2.05) is 0 Å². The first-order valence-electron chi connectivity index (χ1n) is 7.25. The van der Waals surface area contributed by atoms with Crippen molar-refractivity contribution in [1.82, 2.24) is 5.32 Å². The van der Waals surface area contributed by atoms with Crippen LogP contribution in [0.2, 0.25) is 0 Å². The fraction of sp³-hybridized carbons (Fsp3) is 0.625. The van der Waals surface area contributed by atoms with Gasteiger partial charge in [0, 0.05) is 5.38 Å². The van der Waals surface area contributed by atoms with Crippen molar-refractivity contribution in [3.63, 3.8) is 0 Å². The van der Waals surface area contributed by atoms with E-state index in [0.717, 1.165) is 13.1 Å². The van der Waals surface area contributed by atoms with Gasteiger partial charge >= 0.3 is 0 Å². The molecule has 0 aliphatic heterocycles. The summed E-state index contributed by atoms with van der Waals surface area (Å²) in [5.74, 6) is 0.709. The summed E-state index contributed by atoms with van der Waals surface area (Å²) in [4.78, 5) is 0. The first-order chi connectivity index (χ1) is 8.86. The molecule has 0 amide bonds. The number of nitrogens with one attached hydrogen (secondary N) is 1. The molecule has 100 valence electrons. The van der Waals surface area contributed by atoms with E-state index in [2.05, 4.69) is 35.6 Å². The number of benzene rings is 1. The van der Waals surface area contributed by atoms with Crippen LogP contribution in [0.5, 0.6) is 0 Å². The van der Waals surface area contributed by atoms with E-state index >= 15 is 0 Å². The Balaban J connectivity index is 1.49. The Morgan fingerprint density at radius 2 is 1.94 bits per heavy atom. The van der Waals surface area contributed by atoms with Crippen LogP contribution in [0.15, 0.2) is 30.3 Å². The van der Waals surface area contributed by atoms with Crippen LogP contribution < -0.4 is 5.32 Å². The molecule has 2 heteroatoms. The quantitative estimate of drug-likeness (QED) is 0.580. The average Bonchev–Trinajstić information content (AvgIpc) is 2.81. The zero-order valence-corrected chi connectivity index (χ0v) is 11.8. The lowest BCUT2D eigenvalue weighted by atomic mass is 10.1. The van der Waals surface area contributed by atoms with Crippen molar-refractivity contribution in [2.75, 3.05) is 13.1 Å². The third-order valence-corrected chi connectivity index (χ3v) is 4.46. The van der Waals surface area contributed by atoms with E-state index in [1.54, 1.807) is 0 Å². The molecule has 2 unspecified atom stereocenters. The Kier molecular flexibility index (Phi) is 6.02. The summed E-state index contributed by atoms with van der Waals surface area (Å²) >= 11 is 6.26. The van der Waals surface area contributed by atoms with Crippen molar-refractivity contribution in [1.29, 1.82) is 0 Å². The molecule has 1 aliphatic carbocycles. The fourth-order valence-corrected chi connectivity index (χ4v) is 3.10. The third kappa shape index (κ3) is 4.62. The fourth-order valence-electron chi connectivity index (χ4n) is 2.73. The molecule has 18 heavy (non-hydrogen) atoms. The molecular formula is C16H24ClN. The number of rotatable bonds is 7. The van der Waals surface area contributed by atoms with E-state index in [0.29, 0.717) is 11.3 Å². The Morgan fingerprint density at radius 3 is 2.67 bits per heavy atom. The maximum atomic E-state index is 6.26. The summed E-state index contributed by atoms with van der Waals surface area (Å²) < 4.78 is 0. The molecule has 0 bridgehead atoms. The Morgan fingerprint density at radius 1 is 1.11 bits per heavy atom. The highest BCUT2D eigenvalue weighted by molar-refractivity contribution is 6.20. The van der Waals surface area contributed by atoms with E-state index in [-0.39, 0.29) is 0 Å². The molecule has 1 aromatic rings. The van der Waals surface area contributed by atoms with Gasteiger partial charge in [0.15, 0.2) is 0 Å². The van der Waals surface area contributed by atoms with Gasteiger partial charge in [-0.2, -0.15) is 0 Å². The molecule has 0 aromatic heterocycles. The van der Waals surface area contributed by atoms with Gasteiger partial charge < -0.3 is 5.32 Å². The van der Waals surface area contributed by atoms with E-state index in [1.165, 1.54) is 44.1 Å². The molecule has 1 fully saturated rings. The number of unbranched alkanes of at least 4 members (excludes halogenated alkanes) is 1. The predicted molar refractivity (Wildman–Crippen MR) is 79.2 cm³/mol. The lowest BCUT2D eigenvalue weighted by molar-refractivity contribution is 0.486. The van der Waals surface area contributed by atoms with E-state index < -0.39 is 0 Å². The van der Waals surface area contributed by atoms with Crippen molar-refractivity contribution in [3.05, 3.63) is 35.9 Å². The summed E-state index contributed by atoms with van der Waals surface area (Å²) in [6, 6.07) is 10.7. The van der Waals surface area contributed by atoms with Crippen LogP contribution in [0.4, 0.5) is 0 Å². The van der Waals surface area contributed by atoms with Gasteiger partial charge in [-0.05, 0) is 56.7 Å². The summed E-state index contributed by atoms with van der Waals surface area (Å²) in [6.07, 6.45) is 7.56. The van der Waals surface area contributed by atoms with Gasteiger partial charge in [0.05, 0.1) is 0 Å². The summed E-state index contributed by atoms with van der Waals surface area (Å²) in [5, 5.41) is 3.98. The van der Waals surface area contributed by atoms with Crippen molar-refractivity contribution < 1.29 is 0 Å². The van der Waals surface area contributed by atoms with Gasteiger partial charge in [0.1, 0.15) is 0 Å². The molecule has 1 aliphatic rings. The predicted octanol–water partition coefficient (Wildman–Crippen LogP) is 4.01. The molecule has 0 saturated heterocycles. The summed E-state index contributed by atoms with van der Waals surface area (Å²) in [7, 11) is 0. The maximum Gasteiger partial charge on any atom is 0.0376 e. The van der Waals surface area contributed by atoms with Gasteiger partial charge in [-0.15, -0.1) is 11.6 Å². The molecule has 1 aromatic carbocycles. The van der Waals surface area contributed by atoms with Crippen LogP contribution in [0.25, 0.3) is 0 Å². The molecule has 1 N–H and O–H groups in total. The normalized spacial score (nSPS) is 23.4. The Hall–Kier alpha value is -0.530. The number of halogens is 1. The second-order valence-electron chi connectivity index (χ2n) is 5.35. The van der Waals surface area contributed by atoms with Crippen LogP contribution in [0.1, 0.15) is 37.7 Å². The van der Waals surface area contributed by atoms with Crippen LogP contribution in [-0.4, -0.2) is 18.5 Å². The molecule has 1 saturated carbocycles. The van der Waals surface area contributed by atoms with Gasteiger partial charge in [-0.1, -0.05) is 36.8 Å². The number of aryl methyl sites for hydroxylation is 1. The summed E-state index contributed by atoms with van der Waals surface area (Å²) in [5.41, 5.74) is 1.45. The lowest BCUT2D eigenvalue weighted by Gasteiger charge is -2.14. The minimum atomic E-state index is 0.418. The zero-order chi connectivity index (χ0) is 12.6. The average molecular weight is 266 g/mol. The molecule has 0 radical (unpaired) electrons. The first kappa shape index (κ1) is 13.9. The van der Waals surface area contributed by atoms with Crippen molar-refractivity contribution in [3.8, 4) is 0 Å². The van der Waals surface area contributed by atoms with Crippen molar-refractivity contribution in [2.45, 2.75) is 43.9 Å². The van der Waals surface area contributed by atoms with Gasteiger partial charge in [-0.3, -0.25) is 0 Å². The summed E-state index contributed by atoms with van der Waals surface area (Å²) in [6.45, 7) is 2.24. The van der Waals surface area contributed by atoms with Gasteiger partial charge in [0.25, 0.3) is 0 Å². The van der Waals surface area contributed by atoms with Gasteiger partial charge in [0.2, 0.25) is 0 Å².